The van der Waals surface area contributed by atoms with Gasteiger partial charge in [-0.15, -0.1) is 11.3 Å². The van der Waals surface area contributed by atoms with Crippen molar-refractivity contribution in [1.29, 1.82) is 0 Å². The Morgan fingerprint density at radius 1 is 1.36 bits per heavy atom. The molecule has 1 aromatic heterocycles. The third-order valence-electron chi connectivity index (χ3n) is 3.41. The van der Waals surface area contributed by atoms with Gasteiger partial charge in [-0.3, -0.25) is 4.79 Å². The Morgan fingerprint density at radius 2 is 2.12 bits per heavy atom. The van der Waals surface area contributed by atoms with E-state index in [9.17, 15) is 13.2 Å². The molecule has 0 saturated heterocycles. The molecule has 5 nitrogen and oxygen atoms in total. The van der Waals surface area contributed by atoms with Crippen LogP contribution in [0.25, 0.3) is 0 Å². The third kappa shape index (κ3) is 5.82. The molecule has 0 bridgehead atoms. The van der Waals surface area contributed by atoms with Crippen LogP contribution >= 0.6 is 39.0 Å². The summed E-state index contributed by atoms with van der Waals surface area (Å²) in [4.78, 5) is 12.6. The molecule has 0 spiro atoms. The van der Waals surface area contributed by atoms with Crippen LogP contribution in [0, 0.1) is 6.92 Å². The van der Waals surface area contributed by atoms with Gasteiger partial charge in [0.05, 0.1) is 0 Å². The topological polar surface area (TPSA) is 75.3 Å². The number of thioether (sulfide) groups is 1. The van der Waals surface area contributed by atoms with Crippen LogP contribution in [0.2, 0.25) is 0 Å². The van der Waals surface area contributed by atoms with Gasteiger partial charge < -0.3 is 5.32 Å². The van der Waals surface area contributed by atoms with Gasteiger partial charge in [0, 0.05) is 10.2 Å². The lowest BCUT2D eigenvalue weighted by atomic mass is 10.2. The summed E-state index contributed by atoms with van der Waals surface area (Å²) in [7, 11) is -3.71. The third-order valence-corrected chi connectivity index (χ3v) is 7.81. The largest absolute Gasteiger partial charge is 0.325 e. The zero-order valence-corrected chi connectivity index (χ0v) is 17.8. The average molecular weight is 463 g/mol. The normalized spacial score (nSPS) is 12.8. The zero-order valence-electron chi connectivity index (χ0n) is 13.8. The van der Waals surface area contributed by atoms with Crippen LogP contribution in [0.15, 0.2) is 44.4 Å². The molecule has 25 heavy (non-hydrogen) atoms. The summed E-state index contributed by atoms with van der Waals surface area (Å²) >= 11 is 6.10. The molecule has 136 valence electrons. The average Bonchev–Trinajstić information content (AvgIpc) is 3.10. The van der Waals surface area contributed by atoms with E-state index in [1.807, 2.05) is 25.3 Å². The lowest BCUT2D eigenvalue weighted by Crippen LogP contribution is -2.43. The standard InChI is InChI=1S/C16H19BrN2O3S3/c1-11-10-12(5-6-13(11)17)18-16(20)14(7-9-23-2)19-25(21,22)15-4-3-8-24-15/h3-6,8,10,14,19H,7,9H2,1-2H3,(H,18,20)/t14-/m0/s1. The molecule has 0 radical (unpaired) electrons. The van der Waals surface area contributed by atoms with Gasteiger partial charge in [-0.25, -0.2) is 8.42 Å². The van der Waals surface area contributed by atoms with E-state index in [-0.39, 0.29) is 10.1 Å². The van der Waals surface area contributed by atoms with E-state index in [0.29, 0.717) is 17.9 Å². The first-order valence-electron chi connectivity index (χ1n) is 7.45. The van der Waals surface area contributed by atoms with Crippen LogP contribution in [0.1, 0.15) is 12.0 Å². The fourth-order valence-corrected chi connectivity index (χ4v) is 5.05. The molecule has 2 rings (SSSR count). The first-order chi connectivity index (χ1) is 11.8. The van der Waals surface area contributed by atoms with Crippen LogP contribution in [-0.2, 0) is 14.8 Å². The first-order valence-corrected chi connectivity index (χ1v) is 12.0. The number of halogens is 1. The van der Waals surface area contributed by atoms with Crippen LogP contribution in [0.4, 0.5) is 5.69 Å². The van der Waals surface area contributed by atoms with Crippen LogP contribution < -0.4 is 10.0 Å². The van der Waals surface area contributed by atoms with E-state index in [1.165, 1.54) is 6.07 Å². The second-order valence-electron chi connectivity index (χ2n) is 5.34. The molecule has 0 fully saturated rings. The predicted octanol–water partition coefficient (Wildman–Crippen LogP) is 3.86. The lowest BCUT2D eigenvalue weighted by Gasteiger charge is -2.18. The number of benzene rings is 1. The van der Waals surface area contributed by atoms with Crippen molar-refractivity contribution in [3.63, 3.8) is 0 Å². The number of thiophene rings is 1. The quantitative estimate of drug-likeness (QED) is 0.624. The summed E-state index contributed by atoms with van der Waals surface area (Å²) in [6, 6.07) is 7.81. The highest BCUT2D eigenvalue weighted by molar-refractivity contribution is 9.10. The number of amides is 1. The van der Waals surface area contributed by atoms with Crippen LogP contribution in [0.3, 0.4) is 0 Å². The number of carbonyl (C=O) groups excluding carboxylic acids is 1. The Hall–Kier alpha value is -0.870. The van der Waals surface area contributed by atoms with Gasteiger partial charge in [0.25, 0.3) is 10.0 Å². The van der Waals surface area contributed by atoms with Crippen molar-refractivity contribution in [2.75, 3.05) is 17.3 Å². The Balaban J connectivity index is 2.15. The van der Waals surface area contributed by atoms with E-state index in [4.69, 9.17) is 0 Å². The van der Waals surface area contributed by atoms with Crippen LogP contribution in [-0.4, -0.2) is 32.4 Å². The van der Waals surface area contributed by atoms with Gasteiger partial charge in [-0.1, -0.05) is 22.0 Å². The molecule has 1 atom stereocenters. The minimum absolute atomic E-state index is 0.203. The maximum atomic E-state index is 12.6. The van der Waals surface area contributed by atoms with E-state index >= 15 is 0 Å². The predicted molar refractivity (Wildman–Crippen MR) is 109 cm³/mol. The Morgan fingerprint density at radius 3 is 2.72 bits per heavy atom. The van der Waals surface area contributed by atoms with E-state index in [2.05, 4.69) is 26.0 Å². The summed E-state index contributed by atoms with van der Waals surface area (Å²) in [6.45, 7) is 1.92. The number of hydrogen-bond donors (Lipinski definition) is 2. The van der Waals surface area contributed by atoms with Crippen molar-refractivity contribution >= 4 is 60.6 Å². The van der Waals surface area contributed by atoms with Gasteiger partial charge in [-0.05, 0) is 60.6 Å². The van der Waals surface area contributed by atoms with Gasteiger partial charge in [0.15, 0.2) is 0 Å². The molecule has 2 N–H and O–H groups in total. The molecule has 0 aliphatic heterocycles. The molecule has 0 unspecified atom stereocenters. The van der Waals surface area contributed by atoms with Crippen molar-refractivity contribution in [1.82, 2.24) is 4.72 Å². The highest BCUT2D eigenvalue weighted by atomic mass is 79.9. The number of aryl methyl sites for hydroxylation is 1. The Bertz CT molecular complexity index is 823. The summed E-state index contributed by atoms with van der Waals surface area (Å²) < 4.78 is 28.5. The van der Waals surface area contributed by atoms with Crippen LogP contribution in [0.5, 0.6) is 0 Å². The molecule has 1 heterocycles. The van der Waals surface area contributed by atoms with Gasteiger partial charge in [0.2, 0.25) is 5.91 Å². The van der Waals surface area contributed by atoms with E-state index in [1.54, 1.807) is 29.3 Å². The fraction of sp³-hybridized carbons (Fsp3) is 0.312. The van der Waals surface area contributed by atoms with Gasteiger partial charge in [-0.2, -0.15) is 16.5 Å². The number of carbonyl (C=O) groups is 1. The smallest absolute Gasteiger partial charge is 0.250 e. The van der Waals surface area contributed by atoms with Gasteiger partial charge >= 0.3 is 0 Å². The number of anilines is 1. The van der Waals surface area contributed by atoms with Crippen molar-refractivity contribution in [3.05, 3.63) is 45.7 Å². The molecule has 0 aliphatic carbocycles. The summed E-state index contributed by atoms with van der Waals surface area (Å²) in [6.07, 6.45) is 2.33. The van der Waals surface area contributed by atoms with Gasteiger partial charge in [0.1, 0.15) is 10.3 Å². The summed E-state index contributed by atoms with van der Waals surface area (Å²) in [5, 5.41) is 4.48. The lowest BCUT2D eigenvalue weighted by molar-refractivity contribution is -0.117. The minimum atomic E-state index is -3.71. The molecule has 0 saturated carbocycles. The molecule has 0 aliphatic rings. The van der Waals surface area contributed by atoms with Crippen molar-refractivity contribution < 1.29 is 13.2 Å². The number of rotatable bonds is 8. The second kappa shape index (κ2) is 9.18. The first kappa shape index (κ1) is 20.4. The van der Waals surface area contributed by atoms with E-state index < -0.39 is 16.1 Å². The fourth-order valence-electron chi connectivity index (χ4n) is 2.09. The zero-order chi connectivity index (χ0) is 18.4. The maximum absolute atomic E-state index is 12.6. The molecule has 2 aromatic rings. The van der Waals surface area contributed by atoms with Crippen molar-refractivity contribution in [2.24, 2.45) is 0 Å². The number of sulfonamides is 1. The van der Waals surface area contributed by atoms with Crippen molar-refractivity contribution in [2.45, 2.75) is 23.6 Å². The van der Waals surface area contributed by atoms with Crippen molar-refractivity contribution in [3.8, 4) is 0 Å². The number of hydrogen-bond acceptors (Lipinski definition) is 5. The molecular formula is C16H19BrN2O3S3. The number of nitrogens with one attached hydrogen (secondary N) is 2. The Labute approximate surface area is 164 Å². The highest BCUT2D eigenvalue weighted by Gasteiger charge is 2.26. The SMILES string of the molecule is CSCC[C@H](NS(=O)(=O)c1cccs1)C(=O)Nc1ccc(Br)c(C)c1. The highest BCUT2D eigenvalue weighted by Crippen LogP contribution is 2.21. The second-order valence-corrected chi connectivity index (χ2v) is 10.1. The summed E-state index contributed by atoms with van der Waals surface area (Å²) in [5.41, 5.74) is 1.62. The Kier molecular flexibility index (Phi) is 7.51. The monoisotopic (exact) mass is 462 g/mol. The molecule has 1 aromatic carbocycles. The molecular weight excluding hydrogens is 444 g/mol. The maximum Gasteiger partial charge on any atom is 0.250 e. The van der Waals surface area contributed by atoms with E-state index in [0.717, 1.165) is 21.4 Å². The molecule has 1 amide bonds. The minimum Gasteiger partial charge on any atom is -0.325 e. The molecule has 9 heteroatoms. The summed E-state index contributed by atoms with van der Waals surface area (Å²) in [5.74, 6) is 0.306.